The highest BCUT2D eigenvalue weighted by molar-refractivity contribution is 6.42. The molecule has 22 heavy (non-hydrogen) atoms. The predicted octanol–water partition coefficient (Wildman–Crippen LogP) is 2.91. The summed E-state index contributed by atoms with van der Waals surface area (Å²) in [7, 11) is 1.77. The second-order valence-electron chi connectivity index (χ2n) is 5.54. The lowest BCUT2D eigenvalue weighted by Crippen LogP contribution is -2.44. The first-order valence-corrected chi connectivity index (χ1v) is 7.74. The lowest BCUT2D eigenvalue weighted by atomic mass is 10.2. The Hall–Kier alpha value is -1.30. The molecule has 0 bridgehead atoms. The number of rotatable bonds is 6. The van der Waals surface area contributed by atoms with Crippen LogP contribution in [0.15, 0.2) is 18.2 Å². The Morgan fingerprint density at radius 1 is 1.27 bits per heavy atom. The van der Waals surface area contributed by atoms with Gasteiger partial charge in [-0.1, -0.05) is 49.2 Å². The Morgan fingerprint density at radius 3 is 2.59 bits per heavy atom. The predicted molar refractivity (Wildman–Crippen MR) is 89.2 cm³/mol. The van der Waals surface area contributed by atoms with Gasteiger partial charge in [0.25, 0.3) is 0 Å². The van der Waals surface area contributed by atoms with E-state index in [1.807, 2.05) is 19.9 Å². The van der Waals surface area contributed by atoms with Crippen LogP contribution in [0.2, 0.25) is 10.0 Å². The number of hydrogen-bond acceptors (Lipinski definition) is 3. The van der Waals surface area contributed by atoms with E-state index in [1.54, 1.807) is 24.1 Å². The first-order chi connectivity index (χ1) is 10.3. The molecule has 0 aromatic heterocycles. The van der Waals surface area contributed by atoms with Gasteiger partial charge in [-0.15, -0.1) is 0 Å². The number of imide groups is 1. The maximum absolute atomic E-state index is 11.8. The highest BCUT2D eigenvalue weighted by atomic mass is 35.5. The van der Waals surface area contributed by atoms with Gasteiger partial charge in [0.1, 0.15) is 0 Å². The van der Waals surface area contributed by atoms with Gasteiger partial charge < -0.3 is 5.32 Å². The molecule has 0 heterocycles. The maximum atomic E-state index is 11.8. The SMILES string of the molecule is CC(C)CNC(=O)NC(=O)CN(C)Cc1cccc(Cl)c1Cl. The molecule has 2 N–H and O–H groups in total. The second kappa shape index (κ2) is 8.98. The Bertz CT molecular complexity index is 536. The van der Waals surface area contributed by atoms with Crippen molar-refractivity contribution in [2.45, 2.75) is 20.4 Å². The number of benzene rings is 1. The second-order valence-corrected chi connectivity index (χ2v) is 6.32. The summed E-state index contributed by atoms with van der Waals surface area (Å²) in [4.78, 5) is 25.0. The molecular formula is C15H21Cl2N3O2. The van der Waals surface area contributed by atoms with Crippen LogP contribution in [0.5, 0.6) is 0 Å². The lowest BCUT2D eigenvalue weighted by Gasteiger charge is -2.17. The summed E-state index contributed by atoms with van der Waals surface area (Å²) in [5, 5.41) is 5.87. The van der Waals surface area contributed by atoms with Crippen LogP contribution in [-0.4, -0.2) is 37.0 Å². The van der Waals surface area contributed by atoms with E-state index in [0.29, 0.717) is 29.1 Å². The fourth-order valence-electron chi connectivity index (χ4n) is 1.77. The molecule has 1 aromatic rings. The largest absolute Gasteiger partial charge is 0.338 e. The number of amides is 3. The molecule has 1 aromatic carbocycles. The molecular weight excluding hydrogens is 325 g/mol. The molecule has 5 nitrogen and oxygen atoms in total. The topological polar surface area (TPSA) is 61.4 Å². The maximum Gasteiger partial charge on any atom is 0.321 e. The molecule has 0 saturated heterocycles. The standard InChI is InChI=1S/C15H21Cl2N3O2/c1-10(2)7-18-15(22)19-13(21)9-20(3)8-11-5-4-6-12(16)14(11)17/h4-6,10H,7-9H2,1-3H3,(H2,18,19,21,22). The smallest absolute Gasteiger partial charge is 0.321 e. The van der Waals surface area contributed by atoms with Gasteiger partial charge in [-0.05, 0) is 24.6 Å². The summed E-state index contributed by atoms with van der Waals surface area (Å²) in [6, 6.07) is 4.88. The number of carbonyl (C=O) groups is 2. The van der Waals surface area contributed by atoms with Crippen LogP contribution >= 0.6 is 23.2 Å². The number of nitrogens with zero attached hydrogens (tertiary/aromatic N) is 1. The van der Waals surface area contributed by atoms with Gasteiger partial charge in [-0.2, -0.15) is 0 Å². The lowest BCUT2D eigenvalue weighted by molar-refractivity contribution is -0.120. The van der Waals surface area contributed by atoms with Crippen LogP contribution in [0, 0.1) is 5.92 Å². The van der Waals surface area contributed by atoms with Crippen LogP contribution in [0.25, 0.3) is 0 Å². The first kappa shape index (κ1) is 18.7. The molecule has 0 saturated carbocycles. The Balaban J connectivity index is 2.44. The van der Waals surface area contributed by atoms with Crippen molar-refractivity contribution in [2.75, 3.05) is 20.1 Å². The zero-order valence-electron chi connectivity index (χ0n) is 13.0. The summed E-state index contributed by atoms with van der Waals surface area (Å²) in [6.45, 7) is 5.01. The Morgan fingerprint density at radius 2 is 1.95 bits per heavy atom. The van der Waals surface area contributed by atoms with Crippen molar-refractivity contribution in [3.63, 3.8) is 0 Å². The number of halogens is 2. The van der Waals surface area contributed by atoms with Crippen molar-refractivity contribution < 1.29 is 9.59 Å². The minimum absolute atomic E-state index is 0.0813. The molecule has 7 heteroatoms. The van der Waals surface area contributed by atoms with Crippen molar-refractivity contribution >= 4 is 35.1 Å². The summed E-state index contributed by atoms with van der Waals surface area (Å²) < 4.78 is 0. The highest BCUT2D eigenvalue weighted by Gasteiger charge is 2.12. The summed E-state index contributed by atoms with van der Waals surface area (Å²) in [5.41, 5.74) is 0.828. The first-order valence-electron chi connectivity index (χ1n) is 6.98. The van der Waals surface area contributed by atoms with E-state index in [-0.39, 0.29) is 12.5 Å². The van der Waals surface area contributed by atoms with Crippen LogP contribution in [-0.2, 0) is 11.3 Å². The van der Waals surface area contributed by atoms with E-state index in [9.17, 15) is 9.59 Å². The van der Waals surface area contributed by atoms with Gasteiger partial charge in [-0.25, -0.2) is 4.79 Å². The van der Waals surface area contributed by atoms with Gasteiger partial charge in [0.15, 0.2) is 0 Å². The van der Waals surface area contributed by atoms with Crippen LogP contribution in [0.4, 0.5) is 4.79 Å². The number of nitrogens with one attached hydrogen (secondary N) is 2. The van der Waals surface area contributed by atoms with E-state index < -0.39 is 6.03 Å². The van der Waals surface area contributed by atoms with Crippen LogP contribution in [0.3, 0.4) is 0 Å². The van der Waals surface area contributed by atoms with Crippen molar-refractivity contribution in [3.8, 4) is 0 Å². The van der Waals surface area contributed by atoms with Crippen molar-refractivity contribution in [3.05, 3.63) is 33.8 Å². The third-order valence-corrected chi connectivity index (χ3v) is 3.67. The number of hydrogen-bond donors (Lipinski definition) is 2. The van der Waals surface area contributed by atoms with Gasteiger partial charge in [-0.3, -0.25) is 15.0 Å². The fraction of sp³-hybridized carbons (Fsp3) is 0.467. The monoisotopic (exact) mass is 345 g/mol. The zero-order chi connectivity index (χ0) is 16.7. The van der Waals surface area contributed by atoms with E-state index >= 15 is 0 Å². The highest BCUT2D eigenvalue weighted by Crippen LogP contribution is 2.26. The molecule has 0 fully saturated rings. The van der Waals surface area contributed by atoms with E-state index in [1.165, 1.54) is 0 Å². The van der Waals surface area contributed by atoms with E-state index in [2.05, 4.69) is 10.6 Å². The molecule has 0 spiro atoms. The Kier molecular flexibility index (Phi) is 7.65. The number of likely N-dealkylation sites (N-methyl/N-ethyl adjacent to an activating group) is 1. The van der Waals surface area contributed by atoms with Gasteiger partial charge in [0.05, 0.1) is 16.6 Å². The summed E-state index contributed by atoms with van der Waals surface area (Å²) >= 11 is 12.1. The Labute approximate surface area is 141 Å². The molecule has 0 radical (unpaired) electrons. The number of urea groups is 1. The van der Waals surface area contributed by atoms with Crippen molar-refractivity contribution in [1.29, 1.82) is 0 Å². The molecule has 0 atom stereocenters. The molecule has 0 aliphatic rings. The quantitative estimate of drug-likeness (QED) is 0.833. The molecule has 0 aliphatic carbocycles. The zero-order valence-corrected chi connectivity index (χ0v) is 14.5. The molecule has 3 amide bonds. The third kappa shape index (κ3) is 6.64. The minimum atomic E-state index is -0.479. The van der Waals surface area contributed by atoms with Gasteiger partial charge in [0.2, 0.25) is 5.91 Å². The van der Waals surface area contributed by atoms with Crippen LogP contribution in [0.1, 0.15) is 19.4 Å². The molecule has 122 valence electrons. The normalized spacial score (nSPS) is 10.9. The van der Waals surface area contributed by atoms with Gasteiger partial charge >= 0.3 is 6.03 Å². The van der Waals surface area contributed by atoms with E-state index in [0.717, 1.165) is 5.56 Å². The number of carbonyl (C=O) groups excluding carboxylic acids is 2. The van der Waals surface area contributed by atoms with E-state index in [4.69, 9.17) is 23.2 Å². The van der Waals surface area contributed by atoms with Crippen molar-refractivity contribution in [1.82, 2.24) is 15.5 Å². The average Bonchev–Trinajstić information content (AvgIpc) is 2.41. The average molecular weight is 346 g/mol. The fourth-order valence-corrected chi connectivity index (χ4v) is 2.15. The summed E-state index contributed by atoms with van der Waals surface area (Å²) in [6.07, 6.45) is 0. The summed E-state index contributed by atoms with van der Waals surface area (Å²) in [5.74, 6) is -0.0459. The minimum Gasteiger partial charge on any atom is -0.338 e. The third-order valence-electron chi connectivity index (χ3n) is 2.81. The van der Waals surface area contributed by atoms with Crippen molar-refractivity contribution in [2.24, 2.45) is 5.92 Å². The molecule has 0 unspecified atom stereocenters. The molecule has 1 rings (SSSR count). The molecule has 0 aliphatic heterocycles. The van der Waals surface area contributed by atoms with Gasteiger partial charge in [0, 0.05) is 13.1 Å². The van der Waals surface area contributed by atoms with Crippen LogP contribution < -0.4 is 10.6 Å².